The number of aliphatic imine (C=N–C) groups is 1. The number of rotatable bonds is 5. The van der Waals surface area contributed by atoms with E-state index in [0.717, 1.165) is 44.0 Å². The summed E-state index contributed by atoms with van der Waals surface area (Å²) in [6.45, 7) is 6.73. The molecule has 4 N–H and O–H groups in total. The van der Waals surface area contributed by atoms with Crippen LogP contribution < -0.4 is 16.0 Å². The number of hydrogen-bond donors (Lipinski definition) is 4. The Morgan fingerprint density at radius 3 is 2.64 bits per heavy atom. The van der Waals surface area contributed by atoms with Gasteiger partial charge in [-0.3, -0.25) is 15.1 Å². The molecule has 3 amide bonds. The highest BCUT2D eigenvalue weighted by molar-refractivity contribution is 6.07. The summed E-state index contributed by atoms with van der Waals surface area (Å²) in [5, 5.41) is 18.4. The molecule has 2 fully saturated rings. The van der Waals surface area contributed by atoms with Gasteiger partial charge in [0.05, 0.1) is 0 Å². The van der Waals surface area contributed by atoms with Crippen LogP contribution in [-0.2, 0) is 11.2 Å². The second-order valence-corrected chi connectivity index (χ2v) is 7.49. The summed E-state index contributed by atoms with van der Waals surface area (Å²) < 4.78 is 0. The number of para-hydroxylation sites is 1. The molecule has 1 aromatic rings. The maximum absolute atomic E-state index is 12.2. The van der Waals surface area contributed by atoms with Crippen molar-refractivity contribution in [3.05, 3.63) is 29.8 Å². The molecular formula is C20H29N5O3. The van der Waals surface area contributed by atoms with E-state index in [2.05, 4.69) is 20.9 Å². The number of nitrogens with one attached hydrogen (secondary N) is 3. The van der Waals surface area contributed by atoms with Gasteiger partial charge in [-0.2, -0.15) is 0 Å². The average Bonchev–Trinajstić information content (AvgIpc) is 2.95. The minimum atomic E-state index is -0.830. The molecule has 2 aliphatic heterocycles. The Bertz CT molecular complexity index is 758. The van der Waals surface area contributed by atoms with Crippen LogP contribution in [0.3, 0.4) is 0 Å². The highest BCUT2D eigenvalue weighted by atomic mass is 16.3. The maximum Gasteiger partial charge on any atom is 0.322 e. The van der Waals surface area contributed by atoms with Crippen LogP contribution in [0.25, 0.3) is 0 Å². The van der Waals surface area contributed by atoms with Crippen LogP contribution in [0.5, 0.6) is 5.75 Å². The van der Waals surface area contributed by atoms with Crippen molar-refractivity contribution in [2.24, 2.45) is 10.9 Å². The van der Waals surface area contributed by atoms with E-state index in [0.29, 0.717) is 18.7 Å². The van der Waals surface area contributed by atoms with E-state index in [9.17, 15) is 14.7 Å². The molecule has 0 bridgehead atoms. The number of likely N-dealkylation sites (tertiary alicyclic amines) is 1. The number of benzene rings is 1. The SMILES string of the molecule is CCNC(=NCCc1ccccc1O)N1CCC(C2(C)NC(=O)NC2=O)CC1. The minimum Gasteiger partial charge on any atom is -0.508 e. The fourth-order valence-corrected chi connectivity index (χ4v) is 3.94. The van der Waals surface area contributed by atoms with Crippen molar-refractivity contribution >= 4 is 17.9 Å². The third kappa shape index (κ3) is 4.21. The first-order valence-electron chi connectivity index (χ1n) is 9.87. The van der Waals surface area contributed by atoms with Gasteiger partial charge in [0.25, 0.3) is 5.91 Å². The summed E-state index contributed by atoms with van der Waals surface area (Å²) in [6, 6.07) is 6.91. The summed E-state index contributed by atoms with van der Waals surface area (Å²) in [5.74, 6) is 1.01. The van der Waals surface area contributed by atoms with Crippen LogP contribution in [-0.4, -0.2) is 59.6 Å². The molecular weight excluding hydrogens is 358 g/mol. The van der Waals surface area contributed by atoms with Crippen molar-refractivity contribution in [3.63, 3.8) is 0 Å². The van der Waals surface area contributed by atoms with Gasteiger partial charge in [0.1, 0.15) is 11.3 Å². The zero-order valence-electron chi connectivity index (χ0n) is 16.5. The molecule has 2 aliphatic rings. The highest BCUT2D eigenvalue weighted by Gasteiger charge is 2.48. The lowest BCUT2D eigenvalue weighted by molar-refractivity contribution is -0.125. The molecule has 0 saturated carbocycles. The second-order valence-electron chi connectivity index (χ2n) is 7.49. The summed E-state index contributed by atoms with van der Waals surface area (Å²) in [6.07, 6.45) is 2.27. The second kappa shape index (κ2) is 8.50. The van der Waals surface area contributed by atoms with Gasteiger partial charge in [-0.1, -0.05) is 18.2 Å². The molecule has 1 atom stereocenters. The quantitative estimate of drug-likeness (QED) is 0.345. The van der Waals surface area contributed by atoms with Gasteiger partial charge in [-0.25, -0.2) is 4.79 Å². The van der Waals surface area contributed by atoms with Crippen LogP contribution in [0.4, 0.5) is 4.79 Å². The number of guanidine groups is 1. The molecule has 1 aromatic carbocycles. The smallest absolute Gasteiger partial charge is 0.322 e. The summed E-state index contributed by atoms with van der Waals surface area (Å²) in [5.41, 5.74) is 0.0560. The van der Waals surface area contributed by atoms with Crippen molar-refractivity contribution in [2.75, 3.05) is 26.2 Å². The first kappa shape index (κ1) is 20.0. The molecule has 28 heavy (non-hydrogen) atoms. The van der Waals surface area contributed by atoms with E-state index in [1.807, 2.05) is 25.1 Å². The summed E-state index contributed by atoms with van der Waals surface area (Å²) in [4.78, 5) is 30.6. The maximum atomic E-state index is 12.2. The lowest BCUT2D eigenvalue weighted by Crippen LogP contribution is -2.55. The zero-order valence-corrected chi connectivity index (χ0v) is 16.5. The summed E-state index contributed by atoms with van der Waals surface area (Å²) >= 11 is 0. The first-order chi connectivity index (χ1) is 13.4. The van der Waals surface area contributed by atoms with E-state index >= 15 is 0 Å². The molecule has 8 nitrogen and oxygen atoms in total. The van der Waals surface area contributed by atoms with Gasteiger partial charge in [-0.05, 0) is 50.7 Å². The van der Waals surface area contributed by atoms with Crippen LogP contribution in [0.15, 0.2) is 29.3 Å². The van der Waals surface area contributed by atoms with Gasteiger partial charge >= 0.3 is 6.03 Å². The Labute approximate surface area is 165 Å². The normalized spacial score (nSPS) is 23.5. The number of carbonyl (C=O) groups excluding carboxylic acids is 2. The van der Waals surface area contributed by atoms with E-state index in [4.69, 9.17) is 4.99 Å². The molecule has 0 aromatic heterocycles. The number of phenols is 1. The fourth-order valence-electron chi connectivity index (χ4n) is 3.94. The number of amides is 3. The molecule has 0 radical (unpaired) electrons. The lowest BCUT2D eigenvalue weighted by atomic mass is 9.79. The Morgan fingerprint density at radius 1 is 1.32 bits per heavy atom. The number of aromatic hydroxyl groups is 1. The van der Waals surface area contributed by atoms with Crippen molar-refractivity contribution in [1.29, 1.82) is 0 Å². The Balaban J connectivity index is 1.59. The third-order valence-corrected chi connectivity index (χ3v) is 5.65. The van der Waals surface area contributed by atoms with E-state index in [1.54, 1.807) is 13.0 Å². The number of urea groups is 1. The van der Waals surface area contributed by atoms with Gasteiger partial charge in [0.2, 0.25) is 0 Å². The van der Waals surface area contributed by atoms with Gasteiger partial charge in [0, 0.05) is 26.2 Å². The summed E-state index contributed by atoms with van der Waals surface area (Å²) in [7, 11) is 0. The minimum absolute atomic E-state index is 0.0966. The number of phenolic OH excluding ortho intramolecular Hbond substituents is 1. The number of imide groups is 1. The molecule has 0 aliphatic carbocycles. The zero-order chi connectivity index (χ0) is 20.1. The topological polar surface area (TPSA) is 106 Å². The highest BCUT2D eigenvalue weighted by Crippen LogP contribution is 2.30. The molecule has 3 rings (SSSR count). The van der Waals surface area contributed by atoms with Crippen molar-refractivity contribution < 1.29 is 14.7 Å². The Kier molecular flexibility index (Phi) is 6.06. The number of hydrogen-bond acceptors (Lipinski definition) is 4. The number of piperidine rings is 1. The van der Waals surface area contributed by atoms with Gasteiger partial charge in [-0.15, -0.1) is 0 Å². The molecule has 152 valence electrons. The standard InChI is InChI=1S/C20H29N5O3/c1-3-21-18(22-11-8-14-6-4-5-7-16(14)26)25-12-9-15(10-13-25)20(2)17(27)23-19(28)24-20/h4-7,15,26H,3,8-13H2,1-2H3,(H,21,22)(H2,23,24,27,28). The third-order valence-electron chi connectivity index (χ3n) is 5.65. The Hall–Kier alpha value is -2.77. The predicted molar refractivity (Wildman–Crippen MR) is 107 cm³/mol. The first-order valence-corrected chi connectivity index (χ1v) is 9.87. The van der Waals surface area contributed by atoms with E-state index in [-0.39, 0.29) is 11.8 Å². The lowest BCUT2D eigenvalue weighted by Gasteiger charge is -2.39. The molecule has 0 spiro atoms. The Morgan fingerprint density at radius 2 is 2.04 bits per heavy atom. The number of nitrogens with zero attached hydrogens (tertiary/aromatic N) is 2. The fraction of sp³-hybridized carbons (Fsp3) is 0.550. The van der Waals surface area contributed by atoms with Crippen LogP contribution >= 0.6 is 0 Å². The van der Waals surface area contributed by atoms with Crippen LogP contribution in [0.2, 0.25) is 0 Å². The van der Waals surface area contributed by atoms with E-state index < -0.39 is 11.6 Å². The molecule has 2 heterocycles. The largest absolute Gasteiger partial charge is 0.508 e. The van der Waals surface area contributed by atoms with Crippen LogP contribution in [0.1, 0.15) is 32.3 Å². The van der Waals surface area contributed by atoms with E-state index in [1.165, 1.54) is 0 Å². The van der Waals surface area contributed by atoms with Gasteiger partial charge < -0.3 is 20.6 Å². The molecule has 2 saturated heterocycles. The molecule has 1 unspecified atom stereocenters. The average molecular weight is 387 g/mol. The monoisotopic (exact) mass is 387 g/mol. The predicted octanol–water partition coefficient (Wildman–Crippen LogP) is 1.21. The number of carbonyl (C=O) groups is 2. The van der Waals surface area contributed by atoms with Crippen molar-refractivity contribution in [3.8, 4) is 5.75 Å². The van der Waals surface area contributed by atoms with Crippen molar-refractivity contribution in [1.82, 2.24) is 20.9 Å². The van der Waals surface area contributed by atoms with Crippen LogP contribution in [0, 0.1) is 5.92 Å². The molecule has 8 heteroatoms. The van der Waals surface area contributed by atoms with Crippen molar-refractivity contribution in [2.45, 2.75) is 38.6 Å². The van der Waals surface area contributed by atoms with Gasteiger partial charge in [0.15, 0.2) is 5.96 Å².